The highest BCUT2D eigenvalue weighted by atomic mass is 16.5. The first-order valence-electron chi connectivity index (χ1n) is 10.3. The molecule has 3 rings (SSSR count). The second-order valence-corrected chi connectivity index (χ2v) is 7.22. The molecule has 1 fully saturated rings. The molecule has 0 saturated carbocycles. The highest BCUT2D eigenvalue weighted by Gasteiger charge is 2.20. The van der Waals surface area contributed by atoms with Crippen LogP contribution in [0.15, 0.2) is 30.3 Å². The number of rotatable bonds is 8. The van der Waals surface area contributed by atoms with Gasteiger partial charge in [-0.1, -0.05) is 0 Å². The molecule has 0 aliphatic carbocycles. The summed E-state index contributed by atoms with van der Waals surface area (Å²) in [5, 5.41) is 5.70. The largest absolute Gasteiger partial charge is 0.493 e. The maximum atomic E-state index is 12.7. The van der Waals surface area contributed by atoms with Gasteiger partial charge in [-0.25, -0.2) is 9.59 Å². The first-order valence-corrected chi connectivity index (χ1v) is 10.3. The molecule has 0 atom stereocenters. The van der Waals surface area contributed by atoms with E-state index >= 15 is 0 Å². The highest BCUT2D eigenvalue weighted by molar-refractivity contribution is 5.97. The van der Waals surface area contributed by atoms with Gasteiger partial charge in [-0.15, -0.1) is 0 Å². The van der Waals surface area contributed by atoms with Crippen LogP contribution in [0.4, 0.5) is 16.2 Å². The minimum absolute atomic E-state index is 0.200. The number of hydrogen-bond acceptors (Lipinski definition) is 7. The Kier molecular flexibility index (Phi) is 7.64. The summed E-state index contributed by atoms with van der Waals surface area (Å²) in [5.41, 5.74) is 2.51. The van der Waals surface area contributed by atoms with Gasteiger partial charge in [-0.3, -0.25) is 0 Å². The van der Waals surface area contributed by atoms with Gasteiger partial charge in [-0.05, 0) is 43.2 Å². The van der Waals surface area contributed by atoms with Crippen LogP contribution in [0.25, 0.3) is 0 Å². The SMILES string of the molecule is COC(=O)c1ccc(N2CCCC2)c(NC(=O)NCc2ccc(OC)c(OC)c2OC)c1. The summed E-state index contributed by atoms with van der Waals surface area (Å²) in [6.07, 6.45) is 2.17. The average molecular weight is 444 g/mol. The molecule has 1 aliphatic rings. The van der Waals surface area contributed by atoms with Crippen LogP contribution in [0.3, 0.4) is 0 Å². The number of esters is 1. The molecule has 2 amide bonds. The van der Waals surface area contributed by atoms with Crippen molar-refractivity contribution in [3.63, 3.8) is 0 Å². The molecule has 1 aliphatic heterocycles. The third-order valence-electron chi connectivity index (χ3n) is 5.34. The molecule has 9 heteroatoms. The number of hydrogen-bond donors (Lipinski definition) is 2. The van der Waals surface area contributed by atoms with Crippen molar-refractivity contribution >= 4 is 23.4 Å². The summed E-state index contributed by atoms with van der Waals surface area (Å²) >= 11 is 0. The summed E-state index contributed by atoms with van der Waals surface area (Å²) in [7, 11) is 5.93. The molecule has 0 unspecified atom stereocenters. The monoisotopic (exact) mass is 443 g/mol. The number of carbonyl (C=O) groups is 2. The molecule has 1 heterocycles. The van der Waals surface area contributed by atoms with E-state index in [1.54, 1.807) is 31.4 Å². The summed E-state index contributed by atoms with van der Waals surface area (Å²) in [6, 6.07) is 8.32. The molecule has 2 aromatic rings. The second kappa shape index (κ2) is 10.6. The van der Waals surface area contributed by atoms with E-state index in [2.05, 4.69) is 15.5 Å². The molecule has 9 nitrogen and oxygen atoms in total. The fourth-order valence-corrected chi connectivity index (χ4v) is 3.76. The number of ether oxygens (including phenoxy) is 4. The predicted molar refractivity (Wildman–Crippen MR) is 121 cm³/mol. The third-order valence-corrected chi connectivity index (χ3v) is 5.34. The number of amides is 2. The lowest BCUT2D eigenvalue weighted by Crippen LogP contribution is -2.30. The minimum Gasteiger partial charge on any atom is -0.493 e. The number of methoxy groups -OCH3 is 4. The molecule has 172 valence electrons. The van der Waals surface area contributed by atoms with E-state index in [-0.39, 0.29) is 6.54 Å². The van der Waals surface area contributed by atoms with E-state index in [0.29, 0.717) is 28.5 Å². The zero-order valence-electron chi connectivity index (χ0n) is 18.8. The molecular weight excluding hydrogens is 414 g/mol. The van der Waals surface area contributed by atoms with Gasteiger partial charge in [0.05, 0.1) is 45.4 Å². The number of urea groups is 1. The normalized spacial score (nSPS) is 12.8. The van der Waals surface area contributed by atoms with Crippen LogP contribution in [0.1, 0.15) is 28.8 Å². The molecule has 0 bridgehead atoms. The number of nitrogens with one attached hydrogen (secondary N) is 2. The fraction of sp³-hybridized carbons (Fsp3) is 0.391. The fourth-order valence-electron chi connectivity index (χ4n) is 3.76. The summed E-state index contributed by atoms with van der Waals surface area (Å²) in [5.74, 6) is 1.01. The molecule has 2 N–H and O–H groups in total. The topological polar surface area (TPSA) is 98.4 Å². The van der Waals surface area contributed by atoms with Gasteiger partial charge in [-0.2, -0.15) is 0 Å². The Bertz CT molecular complexity index is 972. The summed E-state index contributed by atoms with van der Waals surface area (Å²) in [6.45, 7) is 2.00. The van der Waals surface area contributed by atoms with E-state index < -0.39 is 12.0 Å². The average Bonchev–Trinajstić information content (AvgIpc) is 3.36. The van der Waals surface area contributed by atoms with Gasteiger partial charge in [0.15, 0.2) is 11.5 Å². The zero-order chi connectivity index (χ0) is 23.1. The van der Waals surface area contributed by atoms with E-state index in [0.717, 1.165) is 37.2 Å². The van der Waals surface area contributed by atoms with Gasteiger partial charge < -0.3 is 34.5 Å². The molecule has 2 aromatic carbocycles. The van der Waals surface area contributed by atoms with Crippen molar-refractivity contribution in [2.75, 3.05) is 51.7 Å². The van der Waals surface area contributed by atoms with Crippen LogP contribution in [0, 0.1) is 0 Å². The summed E-state index contributed by atoms with van der Waals surface area (Å²) < 4.78 is 21.0. The number of nitrogens with zero attached hydrogens (tertiary/aromatic N) is 1. The molecular formula is C23H29N3O6. The van der Waals surface area contributed by atoms with Crippen molar-refractivity contribution in [1.29, 1.82) is 0 Å². The standard InChI is InChI=1S/C23H29N3O6/c1-29-19-10-8-16(20(30-2)21(19)31-3)14-24-23(28)25-17-13-15(22(27)32-4)7-9-18(17)26-11-5-6-12-26/h7-10,13H,5-6,11-12,14H2,1-4H3,(H2,24,25,28). The van der Waals surface area contributed by atoms with Crippen LogP contribution in [-0.4, -0.2) is 53.5 Å². The number of anilines is 2. The van der Waals surface area contributed by atoms with Gasteiger partial charge in [0, 0.05) is 25.2 Å². The van der Waals surface area contributed by atoms with Crippen LogP contribution in [-0.2, 0) is 11.3 Å². The maximum absolute atomic E-state index is 12.7. The first-order chi connectivity index (χ1) is 15.5. The van der Waals surface area contributed by atoms with Crippen molar-refractivity contribution in [2.45, 2.75) is 19.4 Å². The lowest BCUT2D eigenvalue weighted by molar-refractivity contribution is 0.0600. The Morgan fingerprint density at radius 1 is 0.938 bits per heavy atom. The second-order valence-electron chi connectivity index (χ2n) is 7.22. The summed E-state index contributed by atoms with van der Waals surface area (Å²) in [4.78, 5) is 26.9. The molecule has 32 heavy (non-hydrogen) atoms. The van der Waals surface area contributed by atoms with E-state index in [1.807, 2.05) is 6.07 Å². The van der Waals surface area contributed by atoms with Crippen molar-refractivity contribution in [3.05, 3.63) is 41.5 Å². The molecule has 0 radical (unpaired) electrons. The van der Waals surface area contributed by atoms with Gasteiger partial charge in [0.1, 0.15) is 0 Å². The van der Waals surface area contributed by atoms with E-state index in [4.69, 9.17) is 18.9 Å². The zero-order valence-corrected chi connectivity index (χ0v) is 18.8. The van der Waals surface area contributed by atoms with Crippen LogP contribution in [0.2, 0.25) is 0 Å². The van der Waals surface area contributed by atoms with Gasteiger partial charge >= 0.3 is 12.0 Å². The third kappa shape index (κ3) is 4.99. The Hall–Kier alpha value is -3.62. The van der Waals surface area contributed by atoms with Crippen molar-refractivity contribution in [1.82, 2.24) is 5.32 Å². The van der Waals surface area contributed by atoms with Crippen molar-refractivity contribution in [3.8, 4) is 17.2 Å². The maximum Gasteiger partial charge on any atom is 0.337 e. The first kappa shape index (κ1) is 23.1. The predicted octanol–water partition coefficient (Wildman–Crippen LogP) is 3.42. The van der Waals surface area contributed by atoms with Gasteiger partial charge in [0.25, 0.3) is 0 Å². The van der Waals surface area contributed by atoms with Crippen LogP contribution >= 0.6 is 0 Å². The van der Waals surface area contributed by atoms with Gasteiger partial charge in [0.2, 0.25) is 5.75 Å². The van der Waals surface area contributed by atoms with E-state index in [9.17, 15) is 9.59 Å². The Morgan fingerprint density at radius 3 is 2.28 bits per heavy atom. The molecule has 0 aromatic heterocycles. The minimum atomic E-state index is -0.462. The lowest BCUT2D eigenvalue weighted by atomic mass is 10.1. The Morgan fingerprint density at radius 2 is 1.66 bits per heavy atom. The van der Waals surface area contributed by atoms with Crippen molar-refractivity contribution < 1.29 is 28.5 Å². The lowest BCUT2D eigenvalue weighted by Gasteiger charge is -2.22. The molecule has 1 saturated heterocycles. The van der Waals surface area contributed by atoms with E-state index in [1.165, 1.54) is 21.3 Å². The smallest absolute Gasteiger partial charge is 0.337 e. The Balaban J connectivity index is 1.78. The van der Waals surface area contributed by atoms with Crippen LogP contribution in [0.5, 0.6) is 17.2 Å². The number of carbonyl (C=O) groups excluding carboxylic acids is 2. The quantitative estimate of drug-likeness (QED) is 0.603. The highest BCUT2D eigenvalue weighted by Crippen LogP contribution is 2.39. The number of benzene rings is 2. The Labute approximate surface area is 187 Å². The van der Waals surface area contributed by atoms with Crippen LogP contribution < -0.4 is 29.7 Å². The molecule has 0 spiro atoms. The van der Waals surface area contributed by atoms with Crippen molar-refractivity contribution in [2.24, 2.45) is 0 Å².